The van der Waals surface area contributed by atoms with Crippen LogP contribution in [-0.2, 0) is 14.8 Å². The number of aromatic carboxylic acids is 1. The predicted octanol–water partition coefficient (Wildman–Crippen LogP) is 1.90. The summed E-state index contributed by atoms with van der Waals surface area (Å²) in [7, 11) is -3.78. The van der Waals surface area contributed by atoms with E-state index in [1.54, 1.807) is 6.92 Å². The number of halogens is 1. The lowest BCUT2D eigenvalue weighted by molar-refractivity contribution is 0.0525. The largest absolute Gasteiger partial charge is 0.478 e. The molecule has 1 aromatic carbocycles. The molecule has 22 heavy (non-hydrogen) atoms. The second-order valence-electron chi connectivity index (χ2n) is 5.74. The van der Waals surface area contributed by atoms with E-state index in [4.69, 9.17) is 16.3 Å². The van der Waals surface area contributed by atoms with Crippen LogP contribution < -0.4 is 0 Å². The van der Waals surface area contributed by atoms with Crippen molar-refractivity contribution in [2.45, 2.75) is 30.2 Å². The molecule has 3 rings (SSSR count). The van der Waals surface area contributed by atoms with Crippen LogP contribution in [-0.4, -0.2) is 49.1 Å². The number of carbonyl (C=O) groups is 1. The molecule has 1 spiro atoms. The highest BCUT2D eigenvalue weighted by Crippen LogP contribution is 2.42. The van der Waals surface area contributed by atoms with E-state index in [2.05, 4.69) is 0 Å². The summed E-state index contributed by atoms with van der Waals surface area (Å²) in [5, 5.41) is 9.34. The van der Waals surface area contributed by atoms with Crippen LogP contribution in [0.4, 0.5) is 0 Å². The molecule has 6 nitrogen and oxygen atoms in total. The molecule has 1 unspecified atom stereocenters. The van der Waals surface area contributed by atoms with E-state index in [1.165, 1.54) is 16.4 Å². The van der Waals surface area contributed by atoms with Crippen molar-refractivity contribution in [1.29, 1.82) is 0 Å². The lowest BCUT2D eigenvalue weighted by atomic mass is 9.87. The first-order valence-corrected chi connectivity index (χ1v) is 8.74. The van der Waals surface area contributed by atoms with Crippen LogP contribution in [0.2, 0.25) is 5.02 Å². The Morgan fingerprint density at radius 1 is 1.41 bits per heavy atom. The predicted molar refractivity (Wildman–Crippen MR) is 79.8 cm³/mol. The lowest BCUT2D eigenvalue weighted by Crippen LogP contribution is -2.62. The Labute approximate surface area is 133 Å². The standard InChI is InChI=1S/C14H16ClNO5S/c1-9-11(13(17)18)6-10(7-12(9)15)22(19,20)16-4-2-14(16)3-5-21-8-14/h6-7H,2-5,8H2,1H3,(H,17,18). The molecular formula is C14H16ClNO5S. The number of ether oxygens (including phenoxy) is 1. The summed E-state index contributed by atoms with van der Waals surface area (Å²) >= 11 is 6.02. The van der Waals surface area contributed by atoms with Crippen LogP contribution in [0.3, 0.4) is 0 Å². The Morgan fingerprint density at radius 2 is 2.14 bits per heavy atom. The van der Waals surface area contributed by atoms with E-state index in [-0.39, 0.29) is 15.5 Å². The van der Waals surface area contributed by atoms with Gasteiger partial charge in [-0.05, 0) is 37.5 Å². The third-order valence-corrected chi connectivity index (χ3v) is 6.90. The molecule has 2 aliphatic rings. The van der Waals surface area contributed by atoms with Crippen molar-refractivity contribution < 1.29 is 23.1 Å². The van der Waals surface area contributed by atoms with Gasteiger partial charge in [-0.25, -0.2) is 13.2 Å². The molecule has 120 valence electrons. The van der Waals surface area contributed by atoms with Gasteiger partial charge in [0.2, 0.25) is 10.0 Å². The maximum atomic E-state index is 12.8. The zero-order valence-electron chi connectivity index (χ0n) is 12.0. The maximum absolute atomic E-state index is 12.8. The average molecular weight is 346 g/mol. The number of benzene rings is 1. The van der Waals surface area contributed by atoms with Crippen molar-refractivity contribution in [3.05, 3.63) is 28.3 Å². The van der Waals surface area contributed by atoms with E-state index in [9.17, 15) is 18.3 Å². The summed E-state index contributed by atoms with van der Waals surface area (Å²) < 4.78 is 32.4. The number of carboxylic acids is 1. The number of hydrogen-bond acceptors (Lipinski definition) is 4. The van der Waals surface area contributed by atoms with Crippen LogP contribution in [0.1, 0.15) is 28.8 Å². The highest BCUT2D eigenvalue weighted by molar-refractivity contribution is 7.89. The van der Waals surface area contributed by atoms with Gasteiger partial charge < -0.3 is 9.84 Å². The smallest absolute Gasteiger partial charge is 0.336 e. The highest BCUT2D eigenvalue weighted by Gasteiger charge is 2.53. The molecule has 0 aromatic heterocycles. The van der Waals surface area contributed by atoms with Gasteiger partial charge in [0.15, 0.2) is 0 Å². The Morgan fingerprint density at radius 3 is 2.64 bits per heavy atom. The van der Waals surface area contributed by atoms with Crippen LogP contribution >= 0.6 is 11.6 Å². The first-order valence-electron chi connectivity index (χ1n) is 6.92. The summed E-state index contributed by atoms with van der Waals surface area (Å²) in [6.07, 6.45) is 1.43. The minimum absolute atomic E-state index is 0.0773. The molecule has 0 saturated carbocycles. The minimum atomic E-state index is -3.78. The molecule has 2 fully saturated rings. The summed E-state index contributed by atoms with van der Waals surface area (Å²) in [6, 6.07) is 2.50. The third-order valence-electron chi connectivity index (χ3n) is 4.53. The van der Waals surface area contributed by atoms with Gasteiger partial charge in [0.1, 0.15) is 0 Å². The second kappa shape index (κ2) is 5.19. The summed E-state index contributed by atoms with van der Waals surface area (Å²) in [6.45, 7) is 2.90. The molecule has 1 N–H and O–H groups in total. The first-order chi connectivity index (χ1) is 10.3. The number of nitrogens with zero attached hydrogens (tertiary/aromatic N) is 1. The Hall–Kier alpha value is -1.15. The molecule has 1 aromatic rings. The fourth-order valence-electron chi connectivity index (χ4n) is 3.04. The van der Waals surface area contributed by atoms with Gasteiger partial charge in [0, 0.05) is 18.2 Å². The molecule has 0 radical (unpaired) electrons. The van der Waals surface area contributed by atoms with E-state index in [1.807, 2.05) is 0 Å². The number of carboxylic acid groups (broad SMARTS) is 1. The molecular weight excluding hydrogens is 330 g/mol. The molecule has 0 bridgehead atoms. The van der Waals surface area contributed by atoms with Gasteiger partial charge in [-0.15, -0.1) is 0 Å². The molecule has 2 saturated heterocycles. The van der Waals surface area contributed by atoms with Crippen molar-refractivity contribution in [3.8, 4) is 0 Å². The maximum Gasteiger partial charge on any atom is 0.336 e. The monoisotopic (exact) mass is 345 g/mol. The molecule has 1 atom stereocenters. The SMILES string of the molecule is Cc1c(Cl)cc(S(=O)(=O)N2CCC23CCOC3)cc1C(=O)O. The number of hydrogen-bond donors (Lipinski definition) is 1. The minimum Gasteiger partial charge on any atom is -0.478 e. The first kappa shape index (κ1) is 15.7. The van der Waals surface area contributed by atoms with Crippen LogP contribution in [0.15, 0.2) is 17.0 Å². The Kier molecular flexibility index (Phi) is 3.71. The van der Waals surface area contributed by atoms with Gasteiger partial charge in [-0.1, -0.05) is 11.6 Å². The quantitative estimate of drug-likeness (QED) is 0.904. The van der Waals surface area contributed by atoms with Gasteiger partial charge >= 0.3 is 5.97 Å². The van der Waals surface area contributed by atoms with Gasteiger partial charge in [0.25, 0.3) is 0 Å². The van der Waals surface area contributed by atoms with Crippen molar-refractivity contribution in [1.82, 2.24) is 4.31 Å². The Balaban J connectivity index is 2.05. The fourth-order valence-corrected chi connectivity index (χ4v) is 5.19. The van der Waals surface area contributed by atoms with Crippen LogP contribution in [0.5, 0.6) is 0 Å². The fraction of sp³-hybridized carbons (Fsp3) is 0.500. The summed E-state index contributed by atoms with van der Waals surface area (Å²) in [4.78, 5) is 11.2. The molecule has 2 aliphatic heterocycles. The summed E-state index contributed by atoms with van der Waals surface area (Å²) in [5.74, 6) is -1.20. The van der Waals surface area contributed by atoms with Crippen LogP contribution in [0.25, 0.3) is 0 Å². The number of rotatable bonds is 3. The van der Waals surface area contributed by atoms with E-state index >= 15 is 0 Å². The lowest BCUT2D eigenvalue weighted by Gasteiger charge is -2.48. The molecule has 0 aliphatic carbocycles. The average Bonchev–Trinajstić information content (AvgIpc) is 2.91. The van der Waals surface area contributed by atoms with Gasteiger partial charge in [0.05, 0.1) is 22.6 Å². The summed E-state index contributed by atoms with van der Waals surface area (Å²) in [5.41, 5.74) is -0.210. The van der Waals surface area contributed by atoms with E-state index < -0.39 is 21.5 Å². The van der Waals surface area contributed by atoms with Crippen LogP contribution in [0, 0.1) is 6.92 Å². The Bertz CT molecular complexity index is 740. The van der Waals surface area contributed by atoms with Crippen molar-refractivity contribution in [3.63, 3.8) is 0 Å². The molecule has 0 amide bonds. The molecule has 8 heteroatoms. The number of sulfonamides is 1. The van der Waals surface area contributed by atoms with Crippen molar-refractivity contribution in [2.75, 3.05) is 19.8 Å². The van der Waals surface area contributed by atoms with E-state index in [0.29, 0.717) is 31.7 Å². The van der Waals surface area contributed by atoms with Crippen molar-refractivity contribution >= 4 is 27.6 Å². The van der Waals surface area contributed by atoms with Crippen molar-refractivity contribution in [2.24, 2.45) is 0 Å². The van der Waals surface area contributed by atoms with E-state index in [0.717, 1.165) is 6.42 Å². The molecule has 2 heterocycles. The zero-order valence-corrected chi connectivity index (χ0v) is 13.6. The van der Waals surface area contributed by atoms with Gasteiger partial charge in [-0.3, -0.25) is 0 Å². The zero-order chi connectivity index (χ0) is 16.1. The topological polar surface area (TPSA) is 83.9 Å². The highest BCUT2D eigenvalue weighted by atomic mass is 35.5. The normalized spacial score (nSPS) is 25.4. The van der Waals surface area contributed by atoms with Gasteiger partial charge in [-0.2, -0.15) is 4.31 Å². The second-order valence-corrected chi connectivity index (χ2v) is 8.01. The third kappa shape index (κ3) is 2.23.